The Labute approximate surface area is 147 Å². The molecule has 0 aromatic heterocycles. The maximum absolute atomic E-state index is 12.6. The summed E-state index contributed by atoms with van der Waals surface area (Å²) in [7, 11) is 0. The van der Waals surface area contributed by atoms with E-state index >= 15 is 0 Å². The standard InChI is InChI=1S/C23H17NO/c25-22-17-16-21(24(22)20-14-8-3-9-15-20)23(18-10-4-1-5-11-18)19-12-6-2-7-13-19/h1-17H. The third-order valence-electron chi connectivity index (χ3n) is 4.24. The summed E-state index contributed by atoms with van der Waals surface area (Å²) >= 11 is 0. The molecule has 3 aromatic carbocycles. The highest BCUT2D eigenvalue weighted by Crippen LogP contribution is 2.34. The van der Waals surface area contributed by atoms with Gasteiger partial charge in [0.2, 0.25) is 0 Å². The zero-order valence-corrected chi connectivity index (χ0v) is 13.7. The molecule has 2 heteroatoms. The van der Waals surface area contributed by atoms with Crippen molar-refractivity contribution >= 4 is 17.2 Å². The van der Waals surface area contributed by atoms with Crippen LogP contribution in [0.1, 0.15) is 11.1 Å². The summed E-state index contributed by atoms with van der Waals surface area (Å²) in [6.45, 7) is 0. The molecule has 2 nitrogen and oxygen atoms in total. The number of hydrogen-bond acceptors (Lipinski definition) is 1. The van der Waals surface area contributed by atoms with E-state index in [2.05, 4.69) is 24.3 Å². The van der Waals surface area contributed by atoms with Crippen molar-refractivity contribution in [1.29, 1.82) is 0 Å². The fourth-order valence-electron chi connectivity index (χ4n) is 3.13. The average Bonchev–Trinajstić information content (AvgIpc) is 3.05. The Morgan fingerprint density at radius 1 is 0.600 bits per heavy atom. The van der Waals surface area contributed by atoms with E-state index in [0.29, 0.717) is 0 Å². The molecular formula is C23H17NO. The minimum absolute atomic E-state index is 0.0226. The summed E-state index contributed by atoms with van der Waals surface area (Å²) in [5, 5.41) is 0. The number of nitrogens with zero attached hydrogens (tertiary/aromatic N) is 1. The van der Waals surface area contributed by atoms with Gasteiger partial charge in [-0.2, -0.15) is 0 Å². The van der Waals surface area contributed by atoms with Crippen LogP contribution in [0.2, 0.25) is 0 Å². The van der Waals surface area contributed by atoms with Crippen molar-refractivity contribution < 1.29 is 4.79 Å². The second kappa shape index (κ2) is 6.62. The van der Waals surface area contributed by atoms with Gasteiger partial charge in [0.05, 0.1) is 5.70 Å². The van der Waals surface area contributed by atoms with E-state index in [1.165, 1.54) is 0 Å². The predicted octanol–water partition coefficient (Wildman–Crippen LogP) is 5.05. The van der Waals surface area contributed by atoms with E-state index in [9.17, 15) is 4.79 Å². The van der Waals surface area contributed by atoms with Crippen LogP contribution in [0.5, 0.6) is 0 Å². The zero-order valence-electron chi connectivity index (χ0n) is 13.7. The number of carbonyl (C=O) groups excluding carboxylic acids is 1. The molecule has 0 atom stereocenters. The van der Waals surface area contributed by atoms with Gasteiger partial charge in [-0.05, 0) is 29.3 Å². The number of anilines is 1. The second-order valence-corrected chi connectivity index (χ2v) is 5.83. The molecule has 0 saturated carbocycles. The molecule has 1 aliphatic heterocycles. The highest BCUT2D eigenvalue weighted by atomic mass is 16.2. The lowest BCUT2D eigenvalue weighted by Gasteiger charge is -2.22. The number of allylic oxidation sites excluding steroid dienone is 1. The molecular weight excluding hydrogens is 306 g/mol. The van der Waals surface area contributed by atoms with Gasteiger partial charge in [0.25, 0.3) is 5.91 Å². The molecule has 25 heavy (non-hydrogen) atoms. The molecule has 1 heterocycles. The Balaban J connectivity index is 1.96. The van der Waals surface area contributed by atoms with Gasteiger partial charge in [-0.1, -0.05) is 78.9 Å². The molecule has 1 amide bonds. The minimum atomic E-state index is -0.0226. The van der Waals surface area contributed by atoms with Crippen LogP contribution in [-0.2, 0) is 4.79 Å². The molecule has 0 N–H and O–H groups in total. The first kappa shape index (κ1) is 15.2. The molecule has 0 aliphatic carbocycles. The first-order valence-electron chi connectivity index (χ1n) is 8.27. The van der Waals surface area contributed by atoms with E-state index < -0.39 is 0 Å². The SMILES string of the molecule is O=C1C=CC(=C(c2ccccc2)c2ccccc2)N1c1ccccc1. The lowest BCUT2D eigenvalue weighted by molar-refractivity contribution is -0.113. The Morgan fingerprint density at radius 3 is 1.60 bits per heavy atom. The molecule has 3 aromatic rings. The number of benzene rings is 3. The van der Waals surface area contributed by atoms with Crippen LogP contribution >= 0.6 is 0 Å². The van der Waals surface area contributed by atoms with Gasteiger partial charge in [-0.15, -0.1) is 0 Å². The topological polar surface area (TPSA) is 20.3 Å². The summed E-state index contributed by atoms with van der Waals surface area (Å²) in [6, 6.07) is 30.2. The number of hydrogen-bond donors (Lipinski definition) is 0. The highest BCUT2D eigenvalue weighted by Gasteiger charge is 2.26. The fraction of sp³-hybridized carbons (Fsp3) is 0. The summed E-state index contributed by atoms with van der Waals surface area (Å²) in [5.74, 6) is -0.0226. The minimum Gasteiger partial charge on any atom is -0.277 e. The highest BCUT2D eigenvalue weighted by molar-refractivity contribution is 6.11. The van der Waals surface area contributed by atoms with Crippen molar-refractivity contribution in [1.82, 2.24) is 0 Å². The van der Waals surface area contributed by atoms with Gasteiger partial charge in [0, 0.05) is 17.3 Å². The van der Waals surface area contributed by atoms with Gasteiger partial charge >= 0.3 is 0 Å². The van der Waals surface area contributed by atoms with Crippen molar-refractivity contribution in [2.75, 3.05) is 4.90 Å². The van der Waals surface area contributed by atoms with Crippen molar-refractivity contribution in [3.05, 3.63) is 120 Å². The van der Waals surface area contributed by atoms with E-state index in [0.717, 1.165) is 28.1 Å². The molecule has 0 bridgehead atoms. The van der Waals surface area contributed by atoms with Crippen LogP contribution in [0.25, 0.3) is 5.57 Å². The Kier molecular flexibility index (Phi) is 4.01. The van der Waals surface area contributed by atoms with Crippen LogP contribution in [-0.4, -0.2) is 5.91 Å². The summed E-state index contributed by atoms with van der Waals surface area (Å²) in [5.41, 5.74) is 4.99. The van der Waals surface area contributed by atoms with Crippen molar-refractivity contribution in [3.63, 3.8) is 0 Å². The lowest BCUT2D eigenvalue weighted by Crippen LogP contribution is -2.24. The fourth-order valence-corrected chi connectivity index (χ4v) is 3.13. The van der Waals surface area contributed by atoms with Gasteiger partial charge in [-0.25, -0.2) is 0 Å². The summed E-state index contributed by atoms with van der Waals surface area (Å²) in [6.07, 6.45) is 3.54. The number of carbonyl (C=O) groups is 1. The van der Waals surface area contributed by atoms with E-state index in [1.54, 1.807) is 11.0 Å². The molecule has 0 unspecified atom stereocenters. The van der Waals surface area contributed by atoms with Crippen LogP contribution in [0.4, 0.5) is 5.69 Å². The molecule has 0 saturated heterocycles. The molecule has 0 fully saturated rings. The second-order valence-electron chi connectivity index (χ2n) is 5.83. The average molecular weight is 323 g/mol. The van der Waals surface area contributed by atoms with E-state index in [4.69, 9.17) is 0 Å². The smallest absolute Gasteiger partial charge is 0.255 e. The third-order valence-corrected chi connectivity index (χ3v) is 4.24. The summed E-state index contributed by atoms with van der Waals surface area (Å²) in [4.78, 5) is 14.3. The number of amides is 1. The predicted molar refractivity (Wildman–Crippen MR) is 102 cm³/mol. The maximum atomic E-state index is 12.6. The van der Waals surface area contributed by atoms with Crippen LogP contribution in [0.3, 0.4) is 0 Å². The van der Waals surface area contributed by atoms with Crippen molar-refractivity contribution in [3.8, 4) is 0 Å². The monoisotopic (exact) mass is 323 g/mol. The van der Waals surface area contributed by atoms with Gasteiger partial charge in [0.1, 0.15) is 0 Å². The van der Waals surface area contributed by atoms with Gasteiger partial charge in [-0.3, -0.25) is 9.69 Å². The molecule has 120 valence electrons. The Hall–Kier alpha value is -3.39. The van der Waals surface area contributed by atoms with Crippen LogP contribution in [0.15, 0.2) is 109 Å². The van der Waals surface area contributed by atoms with Crippen LogP contribution < -0.4 is 4.90 Å². The largest absolute Gasteiger partial charge is 0.277 e. The zero-order chi connectivity index (χ0) is 17.1. The van der Waals surface area contributed by atoms with Crippen molar-refractivity contribution in [2.24, 2.45) is 0 Å². The van der Waals surface area contributed by atoms with Crippen LogP contribution in [0, 0.1) is 0 Å². The first-order chi connectivity index (χ1) is 12.3. The molecule has 4 rings (SSSR count). The van der Waals surface area contributed by atoms with E-state index in [1.807, 2.05) is 72.8 Å². The molecule has 0 spiro atoms. The summed E-state index contributed by atoms with van der Waals surface area (Å²) < 4.78 is 0. The lowest BCUT2D eigenvalue weighted by atomic mass is 9.95. The van der Waals surface area contributed by atoms with Gasteiger partial charge < -0.3 is 0 Å². The quantitative estimate of drug-likeness (QED) is 0.660. The number of para-hydroxylation sites is 1. The first-order valence-corrected chi connectivity index (χ1v) is 8.27. The maximum Gasteiger partial charge on any atom is 0.255 e. The normalized spacial score (nSPS) is 13.4. The van der Waals surface area contributed by atoms with E-state index in [-0.39, 0.29) is 5.91 Å². The van der Waals surface area contributed by atoms with Crippen molar-refractivity contribution in [2.45, 2.75) is 0 Å². The van der Waals surface area contributed by atoms with Gasteiger partial charge in [0.15, 0.2) is 0 Å². The third kappa shape index (κ3) is 2.90. The Bertz CT molecular complexity index is 900. The number of rotatable bonds is 3. The molecule has 1 aliphatic rings. The Morgan fingerprint density at radius 2 is 1.08 bits per heavy atom. The molecule has 0 radical (unpaired) electrons.